The summed E-state index contributed by atoms with van der Waals surface area (Å²) < 4.78 is 5.23. The first-order chi connectivity index (χ1) is 12.1. The van der Waals surface area contributed by atoms with Crippen molar-refractivity contribution in [3.63, 3.8) is 0 Å². The van der Waals surface area contributed by atoms with Gasteiger partial charge in [0, 0.05) is 19.9 Å². The van der Waals surface area contributed by atoms with Crippen molar-refractivity contribution >= 4 is 23.2 Å². The summed E-state index contributed by atoms with van der Waals surface area (Å²) in [5.41, 5.74) is 3.72. The second-order valence-corrected chi connectivity index (χ2v) is 6.14. The van der Waals surface area contributed by atoms with Crippen LogP contribution < -0.4 is 15.0 Å². The van der Waals surface area contributed by atoms with Gasteiger partial charge in [0.15, 0.2) is 0 Å². The lowest BCUT2D eigenvalue weighted by Crippen LogP contribution is -2.30. The first kappa shape index (κ1) is 17.0. The van der Waals surface area contributed by atoms with Gasteiger partial charge in [-0.15, -0.1) is 0 Å². The molecule has 5 nitrogen and oxygen atoms in total. The number of hydrogen-bond donors (Lipinski definition) is 1. The van der Waals surface area contributed by atoms with Gasteiger partial charge >= 0.3 is 0 Å². The van der Waals surface area contributed by atoms with Crippen molar-refractivity contribution in [3.05, 3.63) is 53.6 Å². The zero-order valence-electron chi connectivity index (χ0n) is 14.5. The number of fused-ring (bicyclic) bond motifs is 1. The van der Waals surface area contributed by atoms with Crippen molar-refractivity contribution in [1.29, 1.82) is 0 Å². The van der Waals surface area contributed by atoms with Crippen LogP contribution in [0.15, 0.2) is 42.5 Å². The standard InChI is InChI=1S/C20H22N2O3/c1-14(23)21-18-8-4-6-16-11-12-22(20(16)18)19(24)10-9-15-5-3-7-17(13-15)25-2/h3-8,13H,9-12H2,1-2H3,(H,21,23). The third kappa shape index (κ3) is 3.82. The van der Waals surface area contributed by atoms with E-state index in [1.54, 1.807) is 12.0 Å². The Morgan fingerprint density at radius 3 is 2.76 bits per heavy atom. The van der Waals surface area contributed by atoms with Gasteiger partial charge in [-0.2, -0.15) is 0 Å². The van der Waals surface area contributed by atoms with Gasteiger partial charge in [0.25, 0.3) is 0 Å². The lowest BCUT2D eigenvalue weighted by atomic mass is 10.1. The Morgan fingerprint density at radius 1 is 1.20 bits per heavy atom. The van der Waals surface area contributed by atoms with E-state index in [1.165, 1.54) is 6.92 Å². The van der Waals surface area contributed by atoms with Crippen molar-refractivity contribution < 1.29 is 14.3 Å². The van der Waals surface area contributed by atoms with Crippen LogP contribution in [0.4, 0.5) is 11.4 Å². The minimum absolute atomic E-state index is 0.0689. The Balaban J connectivity index is 1.73. The fraction of sp³-hybridized carbons (Fsp3) is 0.300. The highest BCUT2D eigenvalue weighted by atomic mass is 16.5. The minimum Gasteiger partial charge on any atom is -0.497 e. The summed E-state index contributed by atoms with van der Waals surface area (Å²) >= 11 is 0. The van der Waals surface area contributed by atoms with Crippen LogP contribution >= 0.6 is 0 Å². The van der Waals surface area contributed by atoms with Crippen molar-refractivity contribution in [1.82, 2.24) is 0 Å². The number of nitrogens with zero attached hydrogens (tertiary/aromatic N) is 1. The maximum absolute atomic E-state index is 12.8. The molecule has 25 heavy (non-hydrogen) atoms. The van der Waals surface area contributed by atoms with Crippen LogP contribution in [0.25, 0.3) is 0 Å². The predicted molar refractivity (Wildman–Crippen MR) is 98.1 cm³/mol. The highest BCUT2D eigenvalue weighted by Crippen LogP contribution is 2.36. The summed E-state index contributed by atoms with van der Waals surface area (Å²) in [4.78, 5) is 26.0. The van der Waals surface area contributed by atoms with E-state index in [0.717, 1.165) is 29.0 Å². The number of aryl methyl sites for hydroxylation is 1. The van der Waals surface area contributed by atoms with Crippen LogP contribution in [0, 0.1) is 0 Å². The van der Waals surface area contributed by atoms with Crippen LogP contribution in [0.2, 0.25) is 0 Å². The van der Waals surface area contributed by atoms with Gasteiger partial charge in [0.2, 0.25) is 11.8 Å². The molecule has 1 aliphatic rings. The normalized spacial score (nSPS) is 12.6. The Kier molecular flexibility index (Phi) is 5.03. The van der Waals surface area contributed by atoms with E-state index in [-0.39, 0.29) is 11.8 Å². The number of ether oxygens (including phenoxy) is 1. The molecule has 5 heteroatoms. The first-order valence-electron chi connectivity index (χ1n) is 8.41. The number of methoxy groups -OCH3 is 1. The summed E-state index contributed by atoms with van der Waals surface area (Å²) in [5.74, 6) is 0.730. The van der Waals surface area contributed by atoms with Crippen LogP contribution in [-0.2, 0) is 22.4 Å². The molecule has 1 N–H and O–H groups in total. The van der Waals surface area contributed by atoms with Crippen molar-refractivity contribution in [3.8, 4) is 5.75 Å². The van der Waals surface area contributed by atoms with Crippen LogP contribution in [0.1, 0.15) is 24.5 Å². The number of amides is 2. The molecule has 130 valence electrons. The van der Waals surface area contributed by atoms with Crippen LogP contribution in [-0.4, -0.2) is 25.5 Å². The fourth-order valence-electron chi connectivity index (χ4n) is 3.21. The van der Waals surface area contributed by atoms with E-state index in [0.29, 0.717) is 25.1 Å². The van der Waals surface area contributed by atoms with E-state index in [1.807, 2.05) is 42.5 Å². The van der Waals surface area contributed by atoms with E-state index < -0.39 is 0 Å². The smallest absolute Gasteiger partial charge is 0.227 e. The molecule has 0 atom stereocenters. The van der Waals surface area contributed by atoms with Gasteiger partial charge in [-0.25, -0.2) is 0 Å². The van der Waals surface area contributed by atoms with Gasteiger partial charge in [0.05, 0.1) is 18.5 Å². The maximum Gasteiger partial charge on any atom is 0.227 e. The third-order valence-corrected chi connectivity index (χ3v) is 4.37. The van der Waals surface area contributed by atoms with E-state index >= 15 is 0 Å². The summed E-state index contributed by atoms with van der Waals surface area (Å²) in [7, 11) is 1.63. The van der Waals surface area contributed by atoms with Gasteiger partial charge in [0.1, 0.15) is 5.75 Å². The Bertz CT molecular complexity index is 801. The number of hydrogen-bond acceptors (Lipinski definition) is 3. The monoisotopic (exact) mass is 338 g/mol. The summed E-state index contributed by atoms with van der Waals surface area (Å²) in [6, 6.07) is 13.5. The molecular formula is C20H22N2O3. The molecule has 2 aromatic rings. The zero-order chi connectivity index (χ0) is 17.8. The minimum atomic E-state index is -0.135. The van der Waals surface area contributed by atoms with Gasteiger partial charge in [-0.1, -0.05) is 24.3 Å². The third-order valence-electron chi connectivity index (χ3n) is 4.37. The molecule has 1 heterocycles. The number of carbonyl (C=O) groups is 2. The van der Waals surface area contributed by atoms with Gasteiger partial charge < -0.3 is 15.0 Å². The van der Waals surface area contributed by atoms with E-state index in [4.69, 9.17) is 4.74 Å². The number of rotatable bonds is 5. The average Bonchev–Trinajstić information content (AvgIpc) is 3.05. The summed E-state index contributed by atoms with van der Waals surface area (Å²) in [6.45, 7) is 2.13. The number of benzene rings is 2. The highest BCUT2D eigenvalue weighted by Gasteiger charge is 2.27. The molecule has 0 fully saturated rings. The second kappa shape index (κ2) is 7.38. The van der Waals surface area contributed by atoms with Crippen molar-refractivity contribution in [2.45, 2.75) is 26.2 Å². The zero-order valence-corrected chi connectivity index (χ0v) is 14.5. The molecule has 0 radical (unpaired) electrons. The second-order valence-electron chi connectivity index (χ2n) is 6.14. The lowest BCUT2D eigenvalue weighted by Gasteiger charge is -2.20. The molecule has 0 aromatic heterocycles. The number of nitrogens with one attached hydrogen (secondary N) is 1. The van der Waals surface area contributed by atoms with Gasteiger partial charge in [-0.3, -0.25) is 9.59 Å². The van der Waals surface area contributed by atoms with Crippen molar-refractivity contribution in [2.75, 3.05) is 23.9 Å². The molecule has 0 saturated heterocycles. The predicted octanol–water partition coefficient (Wildman–Crippen LogP) is 3.18. The highest BCUT2D eigenvalue weighted by molar-refractivity contribution is 6.02. The molecule has 2 amide bonds. The fourth-order valence-corrected chi connectivity index (χ4v) is 3.21. The summed E-state index contributed by atoms with van der Waals surface area (Å²) in [5, 5.41) is 2.83. The molecular weight excluding hydrogens is 316 g/mol. The van der Waals surface area contributed by atoms with E-state index in [2.05, 4.69) is 5.32 Å². The molecule has 0 spiro atoms. The largest absolute Gasteiger partial charge is 0.497 e. The Morgan fingerprint density at radius 2 is 2.00 bits per heavy atom. The average molecular weight is 338 g/mol. The molecule has 3 rings (SSSR count). The molecule has 2 aromatic carbocycles. The first-order valence-corrected chi connectivity index (χ1v) is 8.41. The van der Waals surface area contributed by atoms with Crippen LogP contribution in [0.3, 0.4) is 0 Å². The van der Waals surface area contributed by atoms with E-state index in [9.17, 15) is 9.59 Å². The number of anilines is 2. The quantitative estimate of drug-likeness (QED) is 0.911. The van der Waals surface area contributed by atoms with Crippen LogP contribution in [0.5, 0.6) is 5.75 Å². The molecule has 0 unspecified atom stereocenters. The molecule has 0 aliphatic carbocycles. The summed E-state index contributed by atoms with van der Waals surface area (Å²) in [6.07, 6.45) is 1.89. The molecule has 0 bridgehead atoms. The molecule has 1 aliphatic heterocycles. The number of para-hydroxylation sites is 1. The van der Waals surface area contributed by atoms with Crippen molar-refractivity contribution in [2.24, 2.45) is 0 Å². The Hall–Kier alpha value is -2.82. The maximum atomic E-state index is 12.8. The SMILES string of the molecule is COc1cccc(CCC(=O)N2CCc3cccc(NC(C)=O)c32)c1. The van der Waals surface area contributed by atoms with Gasteiger partial charge in [-0.05, 0) is 42.2 Å². The number of carbonyl (C=O) groups excluding carboxylic acids is 2. The Labute approximate surface area is 147 Å². The lowest BCUT2D eigenvalue weighted by molar-refractivity contribution is -0.118. The molecule has 0 saturated carbocycles. The topological polar surface area (TPSA) is 58.6 Å².